The lowest BCUT2D eigenvalue weighted by Gasteiger charge is -2.09. The minimum atomic E-state index is 0.673. The maximum absolute atomic E-state index is 6.23. The van der Waals surface area contributed by atoms with Gasteiger partial charge in [-0.05, 0) is 31.3 Å². The second-order valence-electron chi connectivity index (χ2n) is 4.88. The molecule has 1 aromatic heterocycles. The van der Waals surface area contributed by atoms with E-state index in [2.05, 4.69) is 28.5 Å². The zero-order valence-corrected chi connectivity index (χ0v) is 14.2. The SMILES string of the molecule is CCc1ncnc(NCCCCCCCCSC)c1Cl. The standard InChI is InChI=1S/C15H26ClN3S/c1-3-13-14(16)15(19-12-18-13)17-10-8-6-4-5-7-9-11-20-2/h12H,3-11H2,1-2H3,(H,17,18,19). The van der Waals surface area contributed by atoms with Crippen LogP contribution in [-0.4, -0.2) is 28.5 Å². The predicted molar refractivity (Wildman–Crippen MR) is 91.0 cm³/mol. The number of halogens is 1. The zero-order chi connectivity index (χ0) is 14.6. The summed E-state index contributed by atoms with van der Waals surface area (Å²) in [5, 5.41) is 3.99. The van der Waals surface area contributed by atoms with Crippen LogP contribution >= 0.6 is 23.4 Å². The fourth-order valence-corrected chi connectivity index (χ4v) is 2.85. The van der Waals surface area contributed by atoms with Crippen molar-refractivity contribution in [3.8, 4) is 0 Å². The van der Waals surface area contributed by atoms with E-state index in [1.165, 1.54) is 44.3 Å². The lowest BCUT2D eigenvalue weighted by molar-refractivity contribution is 0.619. The summed E-state index contributed by atoms with van der Waals surface area (Å²) < 4.78 is 0. The number of hydrogen-bond acceptors (Lipinski definition) is 4. The highest BCUT2D eigenvalue weighted by atomic mass is 35.5. The molecule has 0 aromatic carbocycles. The third-order valence-electron chi connectivity index (χ3n) is 3.26. The Morgan fingerprint density at radius 3 is 2.50 bits per heavy atom. The molecule has 1 aromatic rings. The number of nitrogens with one attached hydrogen (secondary N) is 1. The van der Waals surface area contributed by atoms with Crippen molar-refractivity contribution in [1.82, 2.24) is 9.97 Å². The van der Waals surface area contributed by atoms with Crippen LogP contribution in [0.15, 0.2) is 6.33 Å². The number of unbranched alkanes of at least 4 members (excludes halogenated alkanes) is 5. The summed E-state index contributed by atoms with van der Waals surface area (Å²) in [6.07, 6.45) is 12.4. The van der Waals surface area contributed by atoms with E-state index in [9.17, 15) is 0 Å². The molecule has 0 atom stereocenters. The summed E-state index contributed by atoms with van der Waals surface area (Å²) in [7, 11) is 0. The van der Waals surface area contributed by atoms with Gasteiger partial charge in [0, 0.05) is 6.54 Å². The van der Waals surface area contributed by atoms with E-state index in [4.69, 9.17) is 11.6 Å². The Bertz CT molecular complexity index is 374. The molecule has 0 saturated carbocycles. The molecule has 20 heavy (non-hydrogen) atoms. The van der Waals surface area contributed by atoms with E-state index in [1.807, 2.05) is 11.8 Å². The van der Waals surface area contributed by atoms with Gasteiger partial charge in [0.1, 0.15) is 17.2 Å². The molecule has 1 heterocycles. The number of hydrogen-bond donors (Lipinski definition) is 1. The van der Waals surface area contributed by atoms with E-state index < -0.39 is 0 Å². The third-order valence-corrected chi connectivity index (χ3v) is 4.36. The minimum absolute atomic E-state index is 0.673. The van der Waals surface area contributed by atoms with Crippen LogP contribution in [0.5, 0.6) is 0 Å². The first-order valence-electron chi connectivity index (χ1n) is 7.51. The van der Waals surface area contributed by atoms with Gasteiger partial charge in [-0.3, -0.25) is 0 Å². The highest BCUT2D eigenvalue weighted by Gasteiger charge is 2.06. The monoisotopic (exact) mass is 315 g/mol. The van der Waals surface area contributed by atoms with Crippen molar-refractivity contribution in [2.45, 2.75) is 51.9 Å². The van der Waals surface area contributed by atoms with Crippen molar-refractivity contribution < 1.29 is 0 Å². The molecule has 114 valence electrons. The molecule has 0 saturated heterocycles. The predicted octanol–water partition coefficient (Wildman–Crippen LogP) is 4.81. The van der Waals surface area contributed by atoms with Gasteiger partial charge in [-0.25, -0.2) is 9.97 Å². The first-order chi connectivity index (χ1) is 9.79. The molecule has 0 aliphatic heterocycles. The van der Waals surface area contributed by atoms with Crippen molar-refractivity contribution in [3.63, 3.8) is 0 Å². The second-order valence-corrected chi connectivity index (χ2v) is 6.24. The maximum Gasteiger partial charge on any atom is 0.148 e. The van der Waals surface area contributed by atoms with Gasteiger partial charge in [0.2, 0.25) is 0 Å². The molecular weight excluding hydrogens is 290 g/mol. The first kappa shape index (κ1) is 17.6. The molecule has 0 aliphatic rings. The summed E-state index contributed by atoms with van der Waals surface area (Å²) in [5.74, 6) is 2.08. The quantitative estimate of drug-likeness (QED) is 0.595. The zero-order valence-electron chi connectivity index (χ0n) is 12.6. The molecule has 0 spiro atoms. The van der Waals surface area contributed by atoms with E-state index >= 15 is 0 Å². The number of aryl methyl sites for hydroxylation is 1. The fraction of sp³-hybridized carbons (Fsp3) is 0.733. The van der Waals surface area contributed by atoms with Crippen LogP contribution in [0.3, 0.4) is 0 Å². The van der Waals surface area contributed by atoms with E-state index in [0.29, 0.717) is 5.02 Å². The van der Waals surface area contributed by atoms with Crippen LogP contribution in [0.1, 0.15) is 51.1 Å². The molecule has 0 unspecified atom stereocenters. The summed E-state index contributed by atoms with van der Waals surface area (Å²) in [6, 6.07) is 0. The van der Waals surface area contributed by atoms with Crippen molar-refractivity contribution >= 4 is 29.2 Å². The third kappa shape index (κ3) is 6.80. The van der Waals surface area contributed by atoms with E-state index in [1.54, 1.807) is 6.33 Å². The number of aromatic nitrogens is 2. The largest absolute Gasteiger partial charge is 0.369 e. The summed E-state index contributed by atoms with van der Waals surface area (Å²) in [4.78, 5) is 8.36. The molecule has 1 rings (SSSR count). The molecule has 1 N–H and O–H groups in total. The normalized spacial score (nSPS) is 10.8. The van der Waals surface area contributed by atoms with Gasteiger partial charge >= 0.3 is 0 Å². The van der Waals surface area contributed by atoms with Crippen LogP contribution in [0.4, 0.5) is 5.82 Å². The summed E-state index contributed by atoms with van der Waals surface area (Å²) in [6.45, 7) is 2.99. The Balaban J connectivity index is 2.09. The van der Waals surface area contributed by atoms with Crippen LogP contribution in [0.25, 0.3) is 0 Å². The molecule has 0 radical (unpaired) electrons. The summed E-state index contributed by atoms with van der Waals surface area (Å²) >= 11 is 8.17. The smallest absolute Gasteiger partial charge is 0.148 e. The van der Waals surface area contributed by atoms with Crippen LogP contribution in [-0.2, 0) is 6.42 Å². The fourth-order valence-electron chi connectivity index (χ4n) is 2.06. The molecule has 0 fully saturated rings. The molecule has 5 heteroatoms. The van der Waals surface area contributed by atoms with Gasteiger partial charge in [0.05, 0.1) is 5.69 Å². The van der Waals surface area contributed by atoms with E-state index in [0.717, 1.165) is 24.5 Å². The lowest BCUT2D eigenvalue weighted by atomic mass is 10.1. The summed E-state index contributed by atoms with van der Waals surface area (Å²) in [5.41, 5.74) is 0.915. The van der Waals surface area contributed by atoms with Crippen molar-refractivity contribution in [1.29, 1.82) is 0 Å². The van der Waals surface area contributed by atoms with Gasteiger partial charge in [0.25, 0.3) is 0 Å². The average molecular weight is 316 g/mol. The van der Waals surface area contributed by atoms with Crippen molar-refractivity contribution in [2.24, 2.45) is 0 Å². The second kappa shape index (κ2) is 11.2. The lowest BCUT2D eigenvalue weighted by Crippen LogP contribution is -2.05. The minimum Gasteiger partial charge on any atom is -0.369 e. The van der Waals surface area contributed by atoms with E-state index in [-0.39, 0.29) is 0 Å². The average Bonchev–Trinajstić information content (AvgIpc) is 2.47. The maximum atomic E-state index is 6.23. The van der Waals surface area contributed by atoms with Gasteiger partial charge in [-0.2, -0.15) is 11.8 Å². The number of nitrogens with zero attached hydrogens (tertiary/aromatic N) is 2. The Morgan fingerprint density at radius 1 is 1.10 bits per heavy atom. The van der Waals surface area contributed by atoms with Crippen molar-refractivity contribution in [3.05, 3.63) is 17.0 Å². The highest BCUT2D eigenvalue weighted by Crippen LogP contribution is 2.22. The Morgan fingerprint density at radius 2 is 1.80 bits per heavy atom. The number of rotatable bonds is 11. The van der Waals surface area contributed by atoms with Crippen molar-refractivity contribution in [2.75, 3.05) is 23.9 Å². The molecule has 0 bridgehead atoms. The topological polar surface area (TPSA) is 37.8 Å². The molecule has 0 amide bonds. The van der Waals surface area contributed by atoms with Gasteiger partial charge in [-0.1, -0.05) is 44.2 Å². The van der Waals surface area contributed by atoms with Gasteiger partial charge in [-0.15, -0.1) is 0 Å². The molecule has 0 aliphatic carbocycles. The van der Waals surface area contributed by atoms with Gasteiger partial charge < -0.3 is 5.32 Å². The number of anilines is 1. The Hall–Kier alpha value is -0.480. The highest BCUT2D eigenvalue weighted by molar-refractivity contribution is 7.98. The molecular formula is C15H26ClN3S. The van der Waals surface area contributed by atoms with Crippen LogP contribution in [0.2, 0.25) is 5.02 Å². The number of thioether (sulfide) groups is 1. The van der Waals surface area contributed by atoms with Gasteiger partial charge in [0.15, 0.2) is 0 Å². The van der Waals surface area contributed by atoms with Crippen LogP contribution in [0, 0.1) is 0 Å². The Labute approximate surface area is 132 Å². The molecule has 3 nitrogen and oxygen atoms in total. The first-order valence-corrected chi connectivity index (χ1v) is 9.29. The Kier molecular flexibility index (Phi) is 9.85. The van der Waals surface area contributed by atoms with Crippen LogP contribution < -0.4 is 5.32 Å².